The zero-order valence-electron chi connectivity index (χ0n) is 14.7. The summed E-state index contributed by atoms with van der Waals surface area (Å²) in [6.45, 7) is 3.61. The highest BCUT2D eigenvalue weighted by Crippen LogP contribution is 2.17. The van der Waals surface area contributed by atoms with E-state index in [4.69, 9.17) is 0 Å². The molecular weight excluding hydrogens is 330 g/mol. The van der Waals surface area contributed by atoms with Gasteiger partial charge >= 0.3 is 0 Å². The number of carbonyl (C=O) groups is 1. The van der Waals surface area contributed by atoms with E-state index in [0.29, 0.717) is 12.1 Å². The van der Waals surface area contributed by atoms with Crippen LogP contribution in [0, 0.1) is 10.1 Å². The number of hydrogen-bond acceptors (Lipinski definition) is 4. The van der Waals surface area contributed by atoms with Crippen LogP contribution in [-0.2, 0) is 13.1 Å². The third kappa shape index (κ3) is 4.67. The fraction of sp³-hybridized carbons (Fsp3) is 0.350. The van der Waals surface area contributed by atoms with Gasteiger partial charge in [-0.3, -0.25) is 19.8 Å². The number of non-ortho nitro benzene ring substituents is 1. The summed E-state index contributed by atoms with van der Waals surface area (Å²) in [6, 6.07) is 13.8. The molecule has 2 aromatic carbocycles. The van der Waals surface area contributed by atoms with Crippen LogP contribution in [0.1, 0.15) is 40.7 Å². The van der Waals surface area contributed by atoms with Crippen molar-refractivity contribution < 1.29 is 9.72 Å². The number of nitro benzene ring substituents is 1. The van der Waals surface area contributed by atoms with Crippen molar-refractivity contribution in [3.63, 3.8) is 0 Å². The molecule has 0 saturated carbocycles. The molecule has 0 bridgehead atoms. The van der Waals surface area contributed by atoms with Crippen LogP contribution < -0.4 is 5.32 Å². The van der Waals surface area contributed by atoms with Crippen molar-refractivity contribution in [3.05, 3.63) is 75.3 Å². The van der Waals surface area contributed by atoms with Crippen molar-refractivity contribution in [3.8, 4) is 0 Å². The maximum atomic E-state index is 12.3. The Morgan fingerprint density at radius 1 is 1.00 bits per heavy atom. The molecule has 6 heteroatoms. The Morgan fingerprint density at radius 3 is 2.31 bits per heavy atom. The number of nitrogens with zero attached hydrogens (tertiary/aromatic N) is 2. The Labute approximate surface area is 153 Å². The van der Waals surface area contributed by atoms with Gasteiger partial charge in [-0.15, -0.1) is 0 Å². The minimum Gasteiger partial charge on any atom is -0.348 e. The second kappa shape index (κ2) is 8.58. The SMILES string of the molecule is O=C(NCc1ccccc1CN1CCCCC1)c1ccc([N+](=O)[O-])cc1. The lowest BCUT2D eigenvalue weighted by molar-refractivity contribution is -0.384. The maximum Gasteiger partial charge on any atom is 0.269 e. The Kier molecular flexibility index (Phi) is 5.96. The molecule has 2 aromatic rings. The van der Waals surface area contributed by atoms with Crippen LogP contribution >= 0.6 is 0 Å². The molecule has 1 heterocycles. The molecular formula is C20H23N3O3. The van der Waals surface area contributed by atoms with Gasteiger partial charge in [0.15, 0.2) is 0 Å². The van der Waals surface area contributed by atoms with E-state index in [1.807, 2.05) is 18.2 Å². The van der Waals surface area contributed by atoms with Crippen molar-refractivity contribution in [2.75, 3.05) is 13.1 Å². The summed E-state index contributed by atoms with van der Waals surface area (Å²) < 4.78 is 0. The van der Waals surface area contributed by atoms with Gasteiger partial charge in [0.05, 0.1) is 4.92 Å². The van der Waals surface area contributed by atoms with Crippen LogP contribution in [0.5, 0.6) is 0 Å². The van der Waals surface area contributed by atoms with Gasteiger partial charge in [-0.05, 0) is 49.2 Å². The highest BCUT2D eigenvalue weighted by Gasteiger charge is 2.13. The highest BCUT2D eigenvalue weighted by atomic mass is 16.6. The van der Waals surface area contributed by atoms with Crippen LogP contribution in [0.25, 0.3) is 0 Å². The summed E-state index contributed by atoms with van der Waals surface area (Å²) in [7, 11) is 0. The summed E-state index contributed by atoms with van der Waals surface area (Å²) in [5, 5.41) is 13.6. The second-order valence-electron chi connectivity index (χ2n) is 6.59. The van der Waals surface area contributed by atoms with E-state index in [1.54, 1.807) is 0 Å². The van der Waals surface area contributed by atoms with Crippen LogP contribution in [0.4, 0.5) is 5.69 Å². The predicted molar refractivity (Wildman–Crippen MR) is 99.8 cm³/mol. The Morgan fingerprint density at radius 2 is 1.65 bits per heavy atom. The monoisotopic (exact) mass is 353 g/mol. The zero-order valence-corrected chi connectivity index (χ0v) is 14.7. The number of benzene rings is 2. The molecule has 3 rings (SSSR count). The topological polar surface area (TPSA) is 75.5 Å². The number of carbonyl (C=O) groups excluding carboxylic acids is 1. The van der Waals surface area contributed by atoms with Gasteiger partial charge in [0.25, 0.3) is 11.6 Å². The number of nitro groups is 1. The number of rotatable bonds is 6. The van der Waals surface area contributed by atoms with E-state index in [1.165, 1.54) is 49.1 Å². The molecule has 1 saturated heterocycles. The molecule has 0 unspecified atom stereocenters. The maximum absolute atomic E-state index is 12.3. The summed E-state index contributed by atoms with van der Waals surface area (Å²) in [5.41, 5.74) is 2.74. The standard InChI is InChI=1S/C20H23N3O3/c24-20(16-8-10-19(11-9-16)23(25)26)21-14-17-6-2-3-7-18(17)15-22-12-4-1-5-13-22/h2-3,6-11H,1,4-5,12-15H2,(H,21,24). The predicted octanol–water partition coefficient (Wildman–Crippen LogP) is 3.51. The number of nitrogens with one attached hydrogen (secondary N) is 1. The molecule has 1 N–H and O–H groups in total. The van der Waals surface area contributed by atoms with Gasteiger partial charge in [-0.25, -0.2) is 0 Å². The second-order valence-corrected chi connectivity index (χ2v) is 6.59. The van der Waals surface area contributed by atoms with Gasteiger partial charge in [-0.2, -0.15) is 0 Å². The van der Waals surface area contributed by atoms with E-state index in [0.717, 1.165) is 25.2 Å². The Hall–Kier alpha value is -2.73. The number of hydrogen-bond donors (Lipinski definition) is 1. The molecule has 0 radical (unpaired) electrons. The Balaban J connectivity index is 1.61. The lowest BCUT2D eigenvalue weighted by Crippen LogP contribution is -2.30. The fourth-order valence-corrected chi connectivity index (χ4v) is 3.25. The third-order valence-electron chi connectivity index (χ3n) is 4.74. The number of amides is 1. The van der Waals surface area contributed by atoms with Gasteiger partial charge in [0, 0.05) is 30.8 Å². The fourth-order valence-electron chi connectivity index (χ4n) is 3.25. The summed E-state index contributed by atoms with van der Waals surface area (Å²) in [4.78, 5) is 25.0. The lowest BCUT2D eigenvalue weighted by atomic mass is 10.0. The van der Waals surface area contributed by atoms with Gasteiger partial charge in [-0.1, -0.05) is 30.7 Å². The molecule has 0 atom stereocenters. The van der Waals surface area contributed by atoms with Crippen molar-refractivity contribution in [2.24, 2.45) is 0 Å². The van der Waals surface area contributed by atoms with Crippen LogP contribution in [0.2, 0.25) is 0 Å². The van der Waals surface area contributed by atoms with Gasteiger partial charge in [0.1, 0.15) is 0 Å². The summed E-state index contributed by atoms with van der Waals surface area (Å²) >= 11 is 0. The Bertz CT molecular complexity index is 768. The number of piperidine rings is 1. The van der Waals surface area contributed by atoms with Crippen molar-refractivity contribution in [1.29, 1.82) is 0 Å². The normalized spacial score (nSPS) is 14.8. The molecule has 6 nitrogen and oxygen atoms in total. The van der Waals surface area contributed by atoms with E-state index >= 15 is 0 Å². The largest absolute Gasteiger partial charge is 0.348 e. The molecule has 1 fully saturated rings. The van der Waals surface area contributed by atoms with Crippen LogP contribution in [0.3, 0.4) is 0 Å². The molecule has 26 heavy (non-hydrogen) atoms. The first-order valence-electron chi connectivity index (χ1n) is 8.95. The minimum atomic E-state index is -0.474. The first-order chi connectivity index (χ1) is 12.6. The van der Waals surface area contributed by atoms with Crippen molar-refractivity contribution >= 4 is 11.6 Å². The number of likely N-dealkylation sites (tertiary alicyclic amines) is 1. The summed E-state index contributed by atoms with van der Waals surface area (Å²) in [5.74, 6) is -0.229. The molecule has 0 aromatic heterocycles. The van der Waals surface area contributed by atoms with E-state index in [-0.39, 0.29) is 11.6 Å². The van der Waals surface area contributed by atoms with E-state index < -0.39 is 4.92 Å². The quantitative estimate of drug-likeness (QED) is 0.637. The first-order valence-corrected chi connectivity index (χ1v) is 8.95. The highest BCUT2D eigenvalue weighted by molar-refractivity contribution is 5.94. The molecule has 1 amide bonds. The smallest absolute Gasteiger partial charge is 0.269 e. The van der Waals surface area contributed by atoms with Crippen LogP contribution in [0.15, 0.2) is 48.5 Å². The zero-order chi connectivity index (χ0) is 18.4. The van der Waals surface area contributed by atoms with E-state index in [9.17, 15) is 14.9 Å². The lowest BCUT2D eigenvalue weighted by Gasteiger charge is -2.27. The van der Waals surface area contributed by atoms with E-state index in [2.05, 4.69) is 16.3 Å². The van der Waals surface area contributed by atoms with Crippen molar-refractivity contribution in [1.82, 2.24) is 10.2 Å². The molecule has 1 aliphatic heterocycles. The van der Waals surface area contributed by atoms with Gasteiger partial charge < -0.3 is 5.32 Å². The molecule has 0 spiro atoms. The first kappa shape index (κ1) is 18.1. The van der Waals surface area contributed by atoms with Crippen LogP contribution in [-0.4, -0.2) is 28.8 Å². The van der Waals surface area contributed by atoms with Gasteiger partial charge in [0.2, 0.25) is 0 Å². The minimum absolute atomic E-state index is 0.0200. The average molecular weight is 353 g/mol. The average Bonchev–Trinajstić information content (AvgIpc) is 2.68. The third-order valence-corrected chi connectivity index (χ3v) is 4.74. The molecule has 0 aliphatic carbocycles. The van der Waals surface area contributed by atoms with Crippen molar-refractivity contribution in [2.45, 2.75) is 32.4 Å². The molecule has 1 aliphatic rings. The summed E-state index contributed by atoms with van der Waals surface area (Å²) in [6.07, 6.45) is 3.81. The molecule has 136 valence electrons.